The Bertz CT molecular complexity index is 1480. The molecule has 0 N–H and O–H groups in total. The smallest absolute Gasteiger partial charge is 0.433 e. The number of ether oxygens (including phenoxy) is 2. The maximum atomic E-state index is 14.2. The number of carbonyl (C=O) groups excluding carboxylic acids is 4. The van der Waals surface area contributed by atoms with Crippen LogP contribution in [0.4, 0.5) is 18.9 Å². The Morgan fingerprint density at radius 3 is 2.27 bits per heavy atom. The largest absolute Gasteiger partial charge is 0.468 e. The van der Waals surface area contributed by atoms with Crippen LogP contribution in [0.2, 0.25) is 0 Å². The molecule has 0 saturated heterocycles. The number of non-ortho nitro benzene ring substituents is 1. The predicted octanol–water partition coefficient (Wildman–Crippen LogP) is 3.99. The van der Waals surface area contributed by atoms with Crippen LogP contribution in [0.25, 0.3) is 0 Å². The van der Waals surface area contributed by atoms with Gasteiger partial charge in [-0.05, 0) is 31.0 Å². The molecule has 0 bridgehead atoms. The Morgan fingerprint density at radius 2 is 1.71 bits per heavy atom. The van der Waals surface area contributed by atoms with Crippen LogP contribution in [0.1, 0.15) is 45.5 Å². The topological polar surface area (TPSA) is 145 Å². The second-order valence-corrected chi connectivity index (χ2v) is 9.14. The normalized spacial score (nSPS) is 18.7. The zero-order valence-electron chi connectivity index (χ0n) is 21.6. The van der Waals surface area contributed by atoms with Crippen LogP contribution in [-0.4, -0.2) is 65.7 Å². The van der Waals surface area contributed by atoms with Crippen molar-refractivity contribution in [1.82, 2.24) is 4.90 Å². The molecule has 0 radical (unpaired) electrons. The SMILES string of the molecule is COC(=O)C1C(C)=NC(C(F)(F)F)=C(C(=O)OCCCN2C(=O)c3ccccc3C2=O)C1c1cccc([N+](=O)[O-])c1. The number of halogens is 3. The summed E-state index contributed by atoms with van der Waals surface area (Å²) in [5, 5.41) is 11.4. The fourth-order valence-corrected chi connectivity index (χ4v) is 4.83. The standard InChI is InChI=1S/C27H22F3N3O8/c1-14-19(25(36)40-2)20(15-7-5-8-16(13-15)33(38)39)21(22(31-14)27(28,29)30)26(37)41-12-6-11-32-23(34)17-9-3-4-10-18(17)24(32)35/h3-5,7-10,13,19-20H,6,11-12H2,1-2H3. The molecule has 2 aromatic carbocycles. The van der Waals surface area contributed by atoms with Crippen molar-refractivity contribution in [3.63, 3.8) is 0 Å². The number of esters is 2. The number of aliphatic imine (C=N–C) groups is 1. The fourth-order valence-electron chi connectivity index (χ4n) is 4.83. The maximum absolute atomic E-state index is 14.2. The van der Waals surface area contributed by atoms with E-state index < -0.39 is 70.3 Å². The molecule has 0 fully saturated rings. The third-order valence-electron chi connectivity index (χ3n) is 6.66. The van der Waals surface area contributed by atoms with Gasteiger partial charge in [0.15, 0.2) is 5.70 Å². The third kappa shape index (κ3) is 5.58. The Morgan fingerprint density at radius 1 is 1.07 bits per heavy atom. The minimum atomic E-state index is -5.16. The average Bonchev–Trinajstić information content (AvgIpc) is 3.18. The average molecular weight is 573 g/mol. The highest BCUT2D eigenvalue weighted by atomic mass is 19.4. The lowest BCUT2D eigenvalue weighted by Crippen LogP contribution is -2.38. The molecule has 2 amide bonds. The predicted molar refractivity (Wildman–Crippen MR) is 135 cm³/mol. The number of rotatable bonds is 8. The summed E-state index contributed by atoms with van der Waals surface area (Å²) in [5.74, 6) is -6.79. The zero-order valence-corrected chi connectivity index (χ0v) is 21.6. The van der Waals surface area contributed by atoms with Gasteiger partial charge in [0.25, 0.3) is 17.5 Å². The molecule has 0 spiro atoms. The van der Waals surface area contributed by atoms with Gasteiger partial charge in [-0.15, -0.1) is 0 Å². The van der Waals surface area contributed by atoms with Crippen LogP contribution in [0, 0.1) is 16.0 Å². The van der Waals surface area contributed by atoms with Crippen LogP contribution >= 0.6 is 0 Å². The number of allylic oxidation sites excluding steroid dienone is 1. The van der Waals surface area contributed by atoms with Gasteiger partial charge in [0.2, 0.25) is 0 Å². The highest BCUT2D eigenvalue weighted by Crippen LogP contribution is 2.45. The lowest BCUT2D eigenvalue weighted by atomic mass is 9.75. The highest BCUT2D eigenvalue weighted by molar-refractivity contribution is 6.21. The first-order valence-electron chi connectivity index (χ1n) is 12.2. The van der Waals surface area contributed by atoms with Crippen molar-refractivity contribution in [1.29, 1.82) is 0 Å². The van der Waals surface area contributed by atoms with Crippen LogP contribution < -0.4 is 0 Å². The molecule has 2 unspecified atom stereocenters. The molecule has 2 heterocycles. The molecule has 2 atom stereocenters. The molecule has 2 aliphatic rings. The van der Waals surface area contributed by atoms with Crippen LogP contribution in [0.5, 0.6) is 0 Å². The van der Waals surface area contributed by atoms with Gasteiger partial charge in [0, 0.05) is 30.3 Å². The second kappa shape index (κ2) is 11.3. The van der Waals surface area contributed by atoms with Crippen molar-refractivity contribution < 1.29 is 46.7 Å². The molecular weight excluding hydrogens is 551 g/mol. The van der Waals surface area contributed by atoms with E-state index in [1.54, 1.807) is 12.1 Å². The Hall–Kier alpha value is -4.88. The summed E-state index contributed by atoms with van der Waals surface area (Å²) in [4.78, 5) is 66.0. The quantitative estimate of drug-likeness (QED) is 0.152. The first-order chi connectivity index (χ1) is 19.4. The summed E-state index contributed by atoms with van der Waals surface area (Å²) in [7, 11) is 1.00. The van der Waals surface area contributed by atoms with Crippen molar-refractivity contribution in [2.45, 2.75) is 25.4 Å². The van der Waals surface area contributed by atoms with Gasteiger partial charge in [-0.3, -0.25) is 34.4 Å². The fraction of sp³-hybridized carbons (Fsp3) is 0.296. The van der Waals surface area contributed by atoms with Crippen molar-refractivity contribution in [2.75, 3.05) is 20.3 Å². The van der Waals surface area contributed by atoms with Gasteiger partial charge in [-0.25, -0.2) is 4.79 Å². The third-order valence-corrected chi connectivity index (χ3v) is 6.66. The van der Waals surface area contributed by atoms with E-state index in [0.29, 0.717) is 0 Å². The number of nitro groups is 1. The molecule has 0 saturated carbocycles. The number of nitrogens with zero attached hydrogens (tertiary/aromatic N) is 3. The minimum absolute atomic E-state index is 0.101. The molecule has 0 aromatic heterocycles. The van der Waals surface area contributed by atoms with E-state index in [2.05, 4.69) is 4.99 Å². The maximum Gasteiger partial charge on any atom is 0.433 e. The van der Waals surface area contributed by atoms with Crippen LogP contribution in [-0.2, 0) is 19.1 Å². The lowest BCUT2D eigenvalue weighted by Gasteiger charge is -2.32. The van der Waals surface area contributed by atoms with Gasteiger partial charge in [0.1, 0.15) is 5.92 Å². The molecule has 4 rings (SSSR count). The Balaban J connectivity index is 1.64. The highest BCUT2D eigenvalue weighted by Gasteiger charge is 2.50. The van der Waals surface area contributed by atoms with E-state index in [9.17, 15) is 42.5 Å². The van der Waals surface area contributed by atoms with E-state index in [-0.39, 0.29) is 35.4 Å². The summed E-state index contributed by atoms with van der Waals surface area (Å²) in [6, 6.07) is 10.7. The summed E-state index contributed by atoms with van der Waals surface area (Å²) in [6.07, 6.45) is -5.26. The van der Waals surface area contributed by atoms with Crippen molar-refractivity contribution in [3.8, 4) is 0 Å². The molecule has 14 heteroatoms. The van der Waals surface area contributed by atoms with Crippen molar-refractivity contribution in [2.24, 2.45) is 10.9 Å². The summed E-state index contributed by atoms with van der Waals surface area (Å²) in [5.41, 5.74) is -3.16. The van der Waals surface area contributed by atoms with Gasteiger partial charge in [0.05, 0.1) is 35.3 Å². The van der Waals surface area contributed by atoms with E-state index >= 15 is 0 Å². The van der Waals surface area contributed by atoms with E-state index in [4.69, 9.17) is 9.47 Å². The van der Waals surface area contributed by atoms with E-state index in [1.165, 1.54) is 24.3 Å². The van der Waals surface area contributed by atoms with E-state index in [1.807, 2.05) is 0 Å². The molecule has 41 heavy (non-hydrogen) atoms. The first kappa shape index (κ1) is 29.1. The zero-order chi connectivity index (χ0) is 30.1. The number of benzene rings is 2. The van der Waals surface area contributed by atoms with Crippen LogP contribution in [0.15, 0.2) is 64.8 Å². The molecule has 0 aliphatic carbocycles. The van der Waals surface area contributed by atoms with Gasteiger partial charge in [-0.1, -0.05) is 24.3 Å². The minimum Gasteiger partial charge on any atom is -0.468 e. The number of carbonyl (C=O) groups is 4. The molecule has 11 nitrogen and oxygen atoms in total. The van der Waals surface area contributed by atoms with Gasteiger partial charge in [-0.2, -0.15) is 13.2 Å². The molecule has 2 aromatic rings. The Kier molecular flexibility index (Phi) is 8.03. The lowest BCUT2D eigenvalue weighted by molar-refractivity contribution is -0.384. The van der Waals surface area contributed by atoms with Crippen molar-refractivity contribution in [3.05, 3.63) is 86.6 Å². The second-order valence-electron chi connectivity index (χ2n) is 9.14. The Labute approximate surface area is 230 Å². The van der Waals surface area contributed by atoms with Crippen molar-refractivity contribution >= 4 is 35.2 Å². The number of alkyl halides is 3. The number of hydrogen-bond donors (Lipinski definition) is 0. The summed E-state index contributed by atoms with van der Waals surface area (Å²) >= 11 is 0. The van der Waals surface area contributed by atoms with Gasteiger partial charge >= 0.3 is 18.1 Å². The van der Waals surface area contributed by atoms with Gasteiger partial charge < -0.3 is 9.47 Å². The number of imide groups is 1. The summed E-state index contributed by atoms with van der Waals surface area (Å²) < 4.78 is 52.4. The number of amides is 2. The molecule has 214 valence electrons. The molecular formula is C27H22F3N3O8. The number of methoxy groups -OCH3 is 1. The number of fused-ring (bicyclic) bond motifs is 1. The van der Waals surface area contributed by atoms with Crippen LogP contribution in [0.3, 0.4) is 0 Å². The number of nitro benzene ring substituents is 1. The van der Waals surface area contributed by atoms with E-state index in [0.717, 1.165) is 31.1 Å². The summed E-state index contributed by atoms with van der Waals surface area (Å²) in [6.45, 7) is 0.483. The first-order valence-corrected chi connectivity index (χ1v) is 12.2. The molecule has 2 aliphatic heterocycles. The number of hydrogen-bond acceptors (Lipinski definition) is 9. The monoisotopic (exact) mass is 573 g/mol.